The molecule has 0 saturated carbocycles. The summed E-state index contributed by atoms with van der Waals surface area (Å²) in [5.74, 6) is -0.302. The van der Waals surface area contributed by atoms with Crippen LogP contribution >= 0.6 is 0 Å². The molecule has 0 aliphatic rings. The Balaban J connectivity index is 2.42. The highest BCUT2D eigenvalue weighted by molar-refractivity contribution is 5.88. The van der Waals surface area contributed by atoms with E-state index in [1.165, 1.54) is 0 Å². The zero-order chi connectivity index (χ0) is 15.2. The largest absolute Gasteiger partial charge is 0.479 e. The number of rotatable bonds is 7. The first-order valence-electron chi connectivity index (χ1n) is 7.27. The molecule has 0 heterocycles. The number of hydrogen-bond acceptors (Lipinski definition) is 3. The first-order valence-corrected chi connectivity index (χ1v) is 7.27. The van der Waals surface area contributed by atoms with Gasteiger partial charge in [-0.1, -0.05) is 43.7 Å². The third-order valence-corrected chi connectivity index (χ3v) is 3.49. The Hall–Kier alpha value is -2.07. The van der Waals surface area contributed by atoms with Gasteiger partial charge in [0.15, 0.2) is 6.10 Å². The average Bonchev–Trinajstić information content (AvgIpc) is 2.49. The van der Waals surface area contributed by atoms with Crippen LogP contribution in [0.25, 0.3) is 10.8 Å². The molecule has 0 saturated heterocycles. The molecule has 2 aromatic carbocycles. The van der Waals surface area contributed by atoms with Gasteiger partial charge in [0.1, 0.15) is 5.75 Å². The normalized spacial score (nSPS) is 12.3. The lowest BCUT2D eigenvalue weighted by molar-refractivity contribution is -0.145. The molecule has 0 aliphatic heterocycles. The summed E-state index contributed by atoms with van der Waals surface area (Å²) in [5.41, 5.74) is 6.68. The molecule has 4 nitrogen and oxygen atoms in total. The number of aliphatic carboxylic acids is 1. The SMILES string of the molecule is CCCC(Oc1ccc2ccccc2c1CCN)C(=O)O. The summed E-state index contributed by atoms with van der Waals surface area (Å²) < 4.78 is 5.75. The molecule has 0 aromatic heterocycles. The average molecular weight is 287 g/mol. The van der Waals surface area contributed by atoms with Crippen molar-refractivity contribution in [3.05, 3.63) is 42.0 Å². The summed E-state index contributed by atoms with van der Waals surface area (Å²) in [5, 5.41) is 11.4. The molecule has 112 valence electrons. The van der Waals surface area contributed by atoms with Gasteiger partial charge >= 0.3 is 5.97 Å². The Morgan fingerprint density at radius 3 is 2.71 bits per heavy atom. The zero-order valence-electron chi connectivity index (χ0n) is 12.2. The summed E-state index contributed by atoms with van der Waals surface area (Å²) in [7, 11) is 0. The molecule has 4 heteroatoms. The van der Waals surface area contributed by atoms with Crippen LogP contribution in [0.15, 0.2) is 36.4 Å². The maximum Gasteiger partial charge on any atom is 0.344 e. The van der Waals surface area contributed by atoms with Gasteiger partial charge < -0.3 is 15.6 Å². The summed E-state index contributed by atoms with van der Waals surface area (Å²) in [6, 6.07) is 11.8. The highest BCUT2D eigenvalue weighted by Gasteiger charge is 2.20. The molecule has 3 N–H and O–H groups in total. The Bertz CT molecular complexity index is 624. The molecule has 0 fully saturated rings. The minimum atomic E-state index is -0.927. The van der Waals surface area contributed by atoms with Crippen molar-refractivity contribution in [2.24, 2.45) is 5.73 Å². The van der Waals surface area contributed by atoms with Gasteiger partial charge in [0, 0.05) is 5.56 Å². The second-order valence-electron chi connectivity index (χ2n) is 5.04. The first kappa shape index (κ1) is 15.3. The molecular formula is C17H21NO3. The predicted octanol–water partition coefficient (Wildman–Crippen LogP) is 2.97. The van der Waals surface area contributed by atoms with Crippen molar-refractivity contribution in [1.82, 2.24) is 0 Å². The summed E-state index contributed by atoms with van der Waals surface area (Å²) in [6.07, 6.45) is 1.10. The van der Waals surface area contributed by atoms with Crippen molar-refractivity contribution in [2.75, 3.05) is 6.54 Å². The Labute approximate surface area is 124 Å². The van der Waals surface area contributed by atoms with Crippen LogP contribution in [0, 0.1) is 0 Å². The zero-order valence-corrected chi connectivity index (χ0v) is 12.2. The molecule has 0 amide bonds. The lowest BCUT2D eigenvalue weighted by Gasteiger charge is -2.18. The van der Waals surface area contributed by atoms with E-state index in [-0.39, 0.29) is 0 Å². The van der Waals surface area contributed by atoms with Crippen LogP contribution in [0.2, 0.25) is 0 Å². The first-order chi connectivity index (χ1) is 10.2. The van der Waals surface area contributed by atoms with Crippen molar-refractivity contribution in [1.29, 1.82) is 0 Å². The number of carboxylic acids is 1. The summed E-state index contributed by atoms with van der Waals surface area (Å²) in [4.78, 5) is 11.3. The van der Waals surface area contributed by atoms with Crippen molar-refractivity contribution in [3.63, 3.8) is 0 Å². The van der Waals surface area contributed by atoms with Crippen LogP contribution in [0.1, 0.15) is 25.3 Å². The maximum absolute atomic E-state index is 11.3. The third kappa shape index (κ3) is 3.52. The van der Waals surface area contributed by atoms with Gasteiger partial charge in [-0.2, -0.15) is 0 Å². The smallest absolute Gasteiger partial charge is 0.344 e. The summed E-state index contributed by atoms with van der Waals surface area (Å²) in [6.45, 7) is 2.44. The van der Waals surface area contributed by atoms with E-state index in [9.17, 15) is 9.90 Å². The standard InChI is InChI=1S/C17H21NO3/c1-2-5-16(17(19)20)21-15-9-8-12-6-3-4-7-13(12)14(15)10-11-18/h3-4,6-9,16H,2,5,10-11,18H2,1H3,(H,19,20). The molecule has 0 radical (unpaired) electrons. The van der Waals surface area contributed by atoms with E-state index in [0.29, 0.717) is 25.1 Å². The fourth-order valence-electron chi connectivity index (χ4n) is 2.48. The molecule has 0 bridgehead atoms. The minimum absolute atomic E-state index is 0.490. The van der Waals surface area contributed by atoms with Crippen LogP contribution in [0.5, 0.6) is 5.75 Å². The minimum Gasteiger partial charge on any atom is -0.479 e. The number of fused-ring (bicyclic) bond motifs is 1. The monoisotopic (exact) mass is 287 g/mol. The second kappa shape index (κ2) is 7.09. The molecule has 0 spiro atoms. The lowest BCUT2D eigenvalue weighted by Crippen LogP contribution is -2.27. The molecule has 21 heavy (non-hydrogen) atoms. The third-order valence-electron chi connectivity index (χ3n) is 3.49. The van der Waals surface area contributed by atoms with Gasteiger partial charge in [0.25, 0.3) is 0 Å². The Morgan fingerprint density at radius 2 is 2.05 bits per heavy atom. The van der Waals surface area contributed by atoms with Gasteiger partial charge in [-0.05, 0) is 36.2 Å². The number of benzene rings is 2. The van der Waals surface area contributed by atoms with Gasteiger partial charge in [0.05, 0.1) is 0 Å². The van der Waals surface area contributed by atoms with Gasteiger partial charge in [-0.25, -0.2) is 4.79 Å². The number of carbonyl (C=O) groups is 1. The van der Waals surface area contributed by atoms with E-state index in [1.54, 1.807) is 0 Å². The lowest BCUT2D eigenvalue weighted by atomic mass is 10.0. The van der Waals surface area contributed by atoms with Crippen LogP contribution in [-0.2, 0) is 11.2 Å². The van der Waals surface area contributed by atoms with Crippen LogP contribution < -0.4 is 10.5 Å². The fourth-order valence-corrected chi connectivity index (χ4v) is 2.48. The maximum atomic E-state index is 11.3. The highest BCUT2D eigenvalue weighted by Crippen LogP contribution is 2.29. The van der Waals surface area contributed by atoms with E-state index in [0.717, 1.165) is 22.8 Å². The topological polar surface area (TPSA) is 72.5 Å². The molecule has 2 rings (SSSR count). The molecule has 0 aliphatic carbocycles. The Morgan fingerprint density at radius 1 is 1.29 bits per heavy atom. The molecular weight excluding hydrogens is 266 g/mol. The van der Waals surface area contributed by atoms with E-state index in [4.69, 9.17) is 10.5 Å². The van der Waals surface area contributed by atoms with E-state index < -0.39 is 12.1 Å². The van der Waals surface area contributed by atoms with Gasteiger partial charge in [0.2, 0.25) is 0 Å². The molecule has 2 aromatic rings. The predicted molar refractivity (Wildman–Crippen MR) is 83.7 cm³/mol. The number of hydrogen-bond donors (Lipinski definition) is 2. The van der Waals surface area contributed by atoms with E-state index in [2.05, 4.69) is 0 Å². The van der Waals surface area contributed by atoms with Gasteiger partial charge in [-0.3, -0.25) is 0 Å². The molecule has 1 unspecified atom stereocenters. The van der Waals surface area contributed by atoms with Crippen molar-refractivity contribution < 1.29 is 14.6 Å². The van der Waals surface area contributed by atoms with Crippen molar-refractivity contribution in [2.45, 2.75) is 32.3 Å². The highest BCUT2D eigenvalue weighted by atomic mass is 16.5. The van der Waals surface area contributed by atoms with Crippen molar-refractivity contribution >= 4 is 16.7 Å². The van der Waals surface area contributed by atoms with Gasteiger partial charge in [-0.15, -0.1) is 0 Å². The van der Waals surface area contributed by atoms with Crippen molar-refractivity contribution in [3.8, 4) is 5.75 Å². The molecule has 1 atom stereocenters. The quantitative estimate of drug-likeness (QED) is 0.821. The summed E-state index contributed by atoms with van der Waals surface area (Å²) >= 11 is 0. The number of nitrogens with two attached hydrogens (primary N) is 1. The fraction of sp³-hybridized carbons (Fsp3) is 0.353. The van der Waals surface area contributed by atoms with Crippen LogP contribution in [0.4, 0.5) is 0 Å². The number of carboxylic acid groups (broad SMARTS) is 1. The van der Waals surface area contributed by atoms with E-state index in [1.807, 2.05) is 43.3 Å². The van der Waals surface area contributed by atoms with E-state index >= 15 is 0 Å². The van der Waals surface area contributed by atoms with Crippen LogP contribution in [0.3, 0.4) is 0 Å². The van der Waals surface area contributed by atoms with Crippen LogP contribution in [-0.4, -0.2) is 23.7 Å². The second-order valence-corrected chi connectivity index (χ2v) is 5.04. The Kier molecular flexibility index (Phi) is 5.17. The number of ether oxygens (including phenoxy) is 1.